The first kappa shape index (κ1) is 12.2. The van der Waals surface area contributed by atoms with Crippen molar-refractivity contribution in [2.75, 3.05) is 0 Å². The lowest BCUT2D eigenvalue weighted by Crippen LogP contribution is -1.97. The maximum Gasteiger partial charge on any atom is 0.303 e. The second-order valence-corrected chi connectivity index (χ2v) is 3.67. The standard InChI is InChI=1S/C12H9F2NO3/c13-9-3-1-7(5-10(9)14)12-15-8(6-18-12)2-4-11(16)17/h1,3,5-6H,2,4H2,(H,16,17). The van der Waals surface area contributed by atoms with Crippen molar-refractivity contribution < 1.29 is 23.1 Å². The van der Waals surface area contributed by atoms with E-state index in [0.29, 0.717) is 11.3 Å². The van der Waals surface area contributed by atoms with Crippen LogP contribution >= 0.6 is 0 Å². The van der Waals surface area contributed by atoms with Crippen LogP contribution < -0.4 is 0 Å². The summed E-state index contributed by atoms with van der Waals surface area (Å²) in [6, 6.07) is 3.29. The molecule has 0 spiro atoms. The van der Waals surface area contributed by atoms with Gasteiger partial charge in [0, 0.05) is 12.0 Å². The fraction of sp³-hybridized carbons (Fsp3) is 0.167. The number of hydrogen-bond acceptors (Lipinski definition) is 3. The SMILES string of the molecule is O=C(O)CCc1coc(-c2ccc(F)c(F)c2)n1. The zero-order valence-electron chi connectivity index (χ0n) is 9.19. The summed E-state index contributed by atoms with van der Waals surface area (Å²) in [6.07, 6.45) is 1.46. The summed E-state index contributed by atoms with van der Waals surface area (Å²) < 4.78 is 30.8. The Morgan fingerprint density at radius 2 is 2.11 bits per heavy atom. The number of aliphatic carboxylic acids is 1. The van der Waals surface area contributed by atoms with E-state index in [1.54, 1.807) is 0 Å². The van der Waals surface area contributed by atoms with Crippen LogP contribution in [-0.4, -0.2) is 16.1 Å². The molecule has 0 aliphatic rings. The molecule has 0 atom stereocenters. The molecule has 4 nitrogen and oxygen atoms in total. The fourth-order valence-electron chi connectivity index (χ4n) is 1.42. The van der Waals surface area contributed by atoms with Crippen LogP contribution in [0.1, 0.15) is 12.1 Å². The van der Waals surface area contributed by atoms with Crippen LogP contribution in [0.3, 0.4) is 0 Å². The van der Waals surface area contributed by atoms with Crippen molar-refractivity contribution in [3.8, 4) is 11.5 Å². The Morgan fingerprint density at radius 1 is 1.33 bits per heavy atom. The van der Waals surface area contributed by atoms with Crippen LogP contribution in [0.25, 0.3) is 11.5 Å². The van der Waals surface area contributed by atoms with Gasteiger partial charge in [0.15, 0.2) is 11.6 Å². The van der Waals surface area contributed by atoms with Crippen LogP contribution in [0, 0.1) is 11.6 Å². The lowest BCUT2D eigenvalue weighted by atomic mass is 10.2. The van der Waals surface area contributed by atoms with Crippen molar-refractivity contribution in [3.63, 3.8) is 0 Å². The van der Waals surface area contributed by atoms with Crippen LogP contribution in [0.2, 0.25) is 0 Å². The van der Waals surface area contributed by atoms with E-state index in [0.717, 1.165) is 12.1 Å². The highest BCUT2D eigenvalue weighted by atomic mass is 19.2. The number of carboxylic acids is 1. The van der Waals surface area contributed by atoms with Crippen molar-refractivity contribution in [2.45, 2.75) is 12.8 Å². The largest absolute Gasteiger partial charge is 0.481 e. The van der Waals surface area contributed by atoms with Gasteiger partial charge < -0.3 is 9.52 Å². The monoisotopic (exact) mass is 253 g/mol. The number of rotatable bonds is 4. The summed E-state index contributed by atoms with van der Waals surface area (Å²) in [6.45, 7) is 0. The molecule has 0 radical (unpaired) electrons. The lowest BCUT2D eigenvalue weighted by molar-refractivity contribution is -0.136. The molecular formula is C12H9F2NO3. The van der Waals surface area contributed by atoms with Gasteiger partial charge in [-0.1, -0.05) is 0 Å². The van der Waals surface area contributed by atoms with E-state index in [-0.39, 0.29) is 18.7 Å². The molecule has 2 aromatic rings. The molecule has 2 rings (SSSR count). The van der Waals surface area contributed by atoms with Gasteiger partial charge in [-0.05, 0) is 18.2 Å². The molecule has 1 heterocycles. The Hall–Kier alpha value is -2.24. The van der Waals surface area contributed by atoms with Gasteiger partial charge in [0.2, 0.25) is 5.89 Å². The minimum atomic E-state index is -0.988. The van der Waals surface area contributed by atoms with Gasteiger partial charge in [0.1, 0.15) is 6.26 Å². The number of hydrogen-bond donors (Lipinski definition) is 1. The van der Waals surface area contributed by atoms with E-state index in [1.807, 2.05) is 0 Å². The Morgan fingerprint density at radius 3 is 2.78 bits per heavy atom. The predicted octanol–water partition coefficient (Wildman–Crippen LogP) is 2.64. The average molecular weight is 253 g/mol. The van der Waals surface area contributed by atoms with Crippen LogP contribution in [0.4, 0.5) is 8.78 Å². The summed E-state index contributed by atoms with van der Waals surface area (Å²) in [7, 11) is 0. The molecule has 0 unspecified atom stereocenters. The molecular weight excluding hydrogens is 244 g/mol. The first-order valence-corrected chi connectivity index (χ1v) is 5.18. The molecule has 0 aliphatic carbocycles. The van der Waals surface area contributed by atoms with E-state index in [1.165, 1.54) is 12.3 Å². The minimum Gasteiger partial charge on any atom is -0.481 e. The van der Waals surface area contributed by atoms with Crippen molar-refractivity contribution in [1.29, 1.82) is 0 Å². The zero-order chi connectivity index (χ0) is 13.1. The molecule has 0 bridgehead atoms. The second kappa shape index (κ2) is 4.95. The highest BCUT2D eigenvalue weighted by Gasteiger charge is 2.10. The molecule has 1 N–H and O–H groups in total. The first-order valence-electron chi connectivity index (χ1n) is 5.18. The molecule has 18 heavy (non-hydrogen) atoms. The number of halogens is 2. The quantitative estimate of drug-likeness (QED) is 0.909. The molecule has 1 aromatic carbocycles. The van der Waals surface area contributed by atoms with Crippen LogP contribution in [0.5, 0.6) is 0 Å². The smallest absolute Gasteiger partial charge is 0.303 e. The highest BCUT2D eigenvalue weighted by molar-refractivity contribution is 5.67. The van der Waals surface area contributed by atoms with Crippen LogP contribution in [-0.2, 0) is 11.2 Å². The maximum absolute atomic E-state index is 13.0. The number of aromatic nitrogens is 1. The predicted molar refractivity (Wildman–Crippen MR) is 57.8 cm³/mol. The highest BCUT2D eigenvalue weighted by Crippen LogP contribution is 2.21. The normalized spacial score (nSPS) is 10.6. The number of nitrogens with zero attached hydrogens (tertiary/aromatic N) is 1. The van der Waals surface area contributed by atoms with Crippen molar-refractivity contribution in [3.05, 3.63) is 41.8 Å². The van der Waals surface area contributed by atoms with E-state index in [9.17, 15) is 13.6 Å². The van der Waals surface area contributed by atoms with E-state index in [4.69, 9.17) is 9.52 Å². The third-order valence-electron chi connectivity index (χ3n) is 2.31. The molecule has 0 saturated heterocycles. The van der Waals surface area contributed by atoms with E-state index >= 15 is 0 Å². The number of carboxylic acid groups (broad SMARTS) is 1. The average Bonchev–Trinajstić information content (AvgIpc) is 2.79. The molecule has 0 aliphatic heterocycles. The Balaban J connectivity index is 2.18. The molecule has 0 amide bonds. The van der Waals surface area contributed by atoms with Gasteiger partial charge in [0.05, 0.1) is 12.1 Å². The Bertz CT molecular complexity index is 580. The third-order valence-corrected chi connectivity index (χ3v) is 2.31. The summed E-state index contributed by atoms with van der Waals surface area (Å²) >= 11 is 0. The summed E-state index contributed by atoms with van der Waals surface area (Å²) in [4.78, 5) is 14.4. The first-order chi connectivity index (χ1) is 8.56. The topological polar surface area (TPSA) is 63.3 Å². The van der Waals surface area contributed by atoms with E-state index < -0.39 is 17.6 Å². The molecule has 1 aromatic heterocycles. The summed E-state index contributed by atoms with van der Waals surface area (Å²) in [5.74, 6) is -2.74. The molecule has 94 valence electrons. The lowest BCUT2D eigenvalue weighted by Gasteiger charge is -1.96. The number of benzene rings is 1. The van der Waals surface area contributed by atoms with E-state index in [2.05, 4.69) is 4.98 Å². The van der Waals surface area contributed by atoms with Gasteiger partial charge in [-0.15, -0.1) is 0 Å². The van der Waals surface area contributed by atoms with Gasteiger partial charge in [-0.25, -0.2) is 13.8 Å². The number of oxazole rings is 1. The van der Waals surface area contributed by atoms with Gasteiger partial charge in [0.25, 0.3) is 0 Å². The molecule has 0 saturated carbocycles. The Labute approximate surface area is 101 Å². The summed E-state index contributed by atoms with van der Waals surface area (Å²) in [5, 5.41) is 8.52. The third kappa shape index (κ3) is 2.71. The fourth-order valence-corrected chi connectivity index (χ4v) is 1.42. The minimum absolute atomic E-state index is 0.0657. The van der Waals surface area contributed by atoms with Crippen molar-refractivity contribution in [2.24, 2.45) is 0 Å². The van der Waals surface area contributed by atoms with Crippen molar-refractivity contribution in [1.82, 2.24) is 4.98 Å². The van der Waals surface area contributed by atoms with Gasteiger partial charge >= 0.3 is 5.97 Å². The maximum atomic E-state index is 13.0. The molecule has 6 heteroatoms. The Kier molecular flexibility index (Phi) is 3.36. The number of aryl methyl sites for hydroxylation is 1. The van der Waals surface area contributed by atoms with Gasteiger partial charge in [-0.3, -0.25) is 4.79 Å². The van der Waals surface area contributed by atoms with Gasteiger partial charge in [-0.2, -0.15) is 0 Å². The zero-order valence-corrected chi connectivity index (χ0v) is 9.19. The second-order valence-electron chi connectivity index (χ2n) is 3.67. The van der Waals surface area contributed by atoms with Crippen LogP contribution in [0.15, 0.2) is 28.9 Å². The number of carbonyl (C=O) groups is 1. The molecule has 0 fully saturated rings. The summed E-state index contributed by atoms with van der Waals surface area (Å²) in [5.41, 5.74) is 0.757. The van der Waals surface area contributed by atoms with Crippen molar-refractivity contribution >= 4 is 5.97 Å².